The highest BCUT2D eigenvalue weighted by Gasteiger charge is 2.63. The summed E-state index contributed by atoms with van der Waals surface area (Å²) in [6.07, 6.45) is 7.84. The molecule has 8 nitrogen and oxygen atoms in total. The monoisotopic (exact) mass is 386 g/mol. The van der Waals surface area contributed by atoms with Crippen LogP contribution in [0.2, 0.25) is 0 Å². The first kappa shape index (κ1) is 18.1. The maximum atomic E-state index is 12.5. The Bertz CT molecular complexity index is 739. The van der Waals surface area contributed by atoms with E-state index in [1.54, 1.807) is 12.3 Å². The number of fused-ring (bicyclic) bond motifs is 1. The van der Waals surface area contributed by atoms with Crippen molar-refractivity contribution >= 4 is 17.7 Å². The predicted molar refractivity (Wildman–Crippen MR) is 106 cm³/mol. The van der Waals surface area contributed by atoms with Gasteiger partial charge < -0.3 is 20.7 Å². The van der Waals surface area contributed by atoms with Crippen molar-refractivity contribution in [2.45, 2.75) is 43.8 Å². The smallest absolute Gasteiger partial charge is 0.234 e. The van der Waals surface area contributed by atoms with Crippen LogP contribution in [-0.4, -0.2) is 71.7 Å². The number of carbonyl (C=O) groups excluding carboxylic acids is 1. The summed E-state index contributed by atoms with van der Waals surface area (Å²) < 4.78 is 6.47. The van der Waals surface area contributed by atoms with Gasteiger partial charge in [0.2, 0.25) is 11.9 Å². The molecule has 4 atom stereocenters. The third-order valence-electron chi connectivity index (χ3n) is 7.08. The summed E-state index contributed by atoms with van der Waals surface area (Å²) in [4.78, 5) is 25.7. The van der Waals surface area contributed by atoms with Gasteiger partial charge in [0.1, 0.15) is 5.82 Å². The molecular formula is C20H30N6O2. The quantitative estimate of drug-likeness (QED) is 0.767. The molecule has 152 valence electrons. The largest absolute Gasteiger partial charge is 0.384 e. The molecule has 28 heavy (non-hydrogen) atoms. The first-order valence-corrected chi connectivity index (χ1v) is 10.6. The summed E-state index contributed by atoms with van der Waals surface area (Å²) in [5.41, 5.74) is 5.73. The number of anilines is 2. The van der Waals surface area contributed by atoms with Crippen LogP contribution >= 0.6 is 0 Å². The second kappa shape index (κ2) is 7.15. The van der Waals surface area contributed by atoms with Crippen LogP contribution in [0.1, 0.15) is 32.1 Å². The molecule has 4 aliphatic rings. The number of hydrogen-bond acceptors (Lipinski definition) is 7. The number of ether oxygens (including phenoxy) is 1. The summed E-state index contributed by atoms with van der Waals surface area (Å²) in [5.74, 6) is 2.10. The number of nitrogens with zero attached hydrogens (tertiary/aromatic N) is 4. The molecule has 0 unspecified atom stereocenters. The maximum Gasteiger partial charge on any atom is 0.234 e. The summed E-state index contributed by atoms with van der Waals surface area (Å²) in [7, 11) is 0. The highest BCUT2D eigenvalue weighted by Crippen LogP contribution is 2.54. The highest BCUT2D eigenvalue weighted by molar-refractivity contribution is 5.78. The Morgan fingerprint density at radius 3 is 3.04 bits per heavy atom. The van der Waals surface area contributed by atoms with Crippen LogP contribution in [0.3, 0.4) is 0 Å². The van der Waals surface area contributed by atoms with Crippen LogP contribution in [0.4, 0.5) is 11.8 Å². The van der Waals surface area contributed by atoms with Gasteiger partial charge >= 0.3 is 0 Å². The molecular weight excluding hydrogens is 356 g/mol. The second-order valence-corrected chi connectivity index (χ2v) is 8.83. The predicted octanol–water partition coefficient (Wildman–Crippen LogP) is 0.645. The molecule has 5 rings (SSSR count). The van der Waals surface area contributed by atoms with Gasteiger partial charge in [0, 0.05) is 31.1 Å². The molecule has 1 aromatic rings. The molecule has 3 N–H and O–H groups in total. The Morgan fingerprint density at radius 2 is 2.21 bits per heavy atom. The fraction of sp³-hybridized carbons (Fsp3) is 0.750. The minimum atomic E-state index is -0.110. The molecule has 4 fully saturated rings. The molecule has 1 spiro atoms. The average Bonchev–Trinajstić information content (AvgIpc) is 3.36. The van der Waals surface area contributed by atoms with Crippen molar-refractivity contribution in [3.8, 4) is 0 Å². The number of amides is 1. The van der Waals surface area contributed by atoms with Gasteiger partial charge in [-0.25, -0.2) is 4.98 Å². The standard InChI is InChI=1S/C20H30N6O2/c21-17-5-7-22-19(24-17)26-11-15-14(16-4-6-20(15,13-26)28-16)10-23-18(27)12-25-8-2-1-3-9-25/h5,7,14-16H,1-4,6,8-13H2,(H,23,27)(H2,21,22,24)/t14-,15+,16+,20+/m0/s1. The Kier molecular flexibility index (Phi) is 4.63. The van der Waals surface area contributed by atoms with Gasteiger partial charge in [-0.3, -0.25) is 9.69 Å². The van der Waals surface area contributed by atoms with E-state index in [-0.39, 0.29) is 17.6 Å². The molecule has 5 heterocycles. The molecule has 0 aromatic carbocycles. The van der Waals surface area contributed by atoms with Gasteiger partial charge in [-0.05, 0) is 44.8 Å². The molecule has 0 radical (unpaired) electrons. The molecule has 4 aliphatic heterocycles. The Balaban J connectivity index is 1.21. The van der Waals surface area contributed by atoms with E-state index in [9.17, 15) is 4.79 Å². The van der Waals surface area contributed by atoms with Crippen molar-refractivity contribution in [1.29, 1.82) is 0 Å². The lowest BCUT2D eigenvalue weighted by molar-refractivity contribution is -0.122. The van der Waals surface area contributed by atoms with Crippen molar-refractivity contribution < 1.29 is 9.53 Å². The Hall–Kier alpha value is -1.93. The molecule has 8 heteroatoms. The van der Waals surface area contributed by atoms with Crippen LogP contribution in [-0.2, 0) is 9.53 Å². The van der Waals surface area contributed by atoms with E-state index >= 15 is 0 Å². The molecule has 4 saturated heterocycles. The third-order valence-corrected chi connectivity index (χ3v) is 7.08. The number of carbonyl (C=O) groups is 1. The molecule has 0 saturated carbocycles. The lowest BCUT2D eigenvalue weighted by Crippen LogP contribution is -2.45. The van der Waals surface area contributed by atoms with E-state index in [1.165, 1.54) is 19.3 Å². The molecule has 0 aliphatic carbocycles. The number of hydrogen-bond donors (Lipinski definition) is 2. The van der Waals surface area contributed by atoms with Crippen molar-refractivity contribution in [2.24, 2.45) is 11.8 Å². The number of piperidine rings is 1. The van der Waals surface area contributed by atoms with Crippen molar-refractivity contribution in [3.63, 3.8) is 0 Å². The number of nitrogens with two attached hydrogens (primary N) is 1. The van der Waals surface area contributed by atoms with Gasteiger partial charge in [0.05, 0.1) is 24.8 Å². The van der Waals surface area contributed by atoms with E-state index in [2.05, 4.69) is 25.1 Å². The van der Waals surface area contributed by atoms with Crippen molar-refractivity contribution in [2.75, 3.05) is 49.9 Å². The van der Waals surface area contributed by atoms with Crippen LogP contribution in [0.15, 0.2) is 12.3 Å². The SMILES string of the molecule is Nc1ccnc(N2C[C@@H]3[C@H](CNC(=O)CN4CCCCC4)[C@H]4CC[C@]3(C2)O4)n1. The van der Waals surface area contributed by atoms with Crippen LogP contribution in [0, 0.1) is 11.8 Å². The van der Waals surface area contributed by atoms with E-state index in [0.717, 1.165) is 39.0 Å². The lowest BCUT2D eigenvalue weighted by Gasteiger charge is -2.30. The summed E-state index contributed by atoms with van der Waals surface area (Å²) in [5, 5.41) is 3.20. The van der Waals surface area contributed by atoms with Gasteiger partial charge in [-0.2, -0.15) is 4.98 Å². The number of aromatic nitrogens is 2. The fourth-order valence-corrected chi connectivity index (χ4v) is 5.74. The van der Waals surface area contributed by atoms with Crippen molar-refractivity contribution in [1.82, 2.24) is 20.2 Å². The van der Waals surface area contributed by atoms with Crippen LogP contribution in [0.5, 0.6) is 0 Å². The minimum absolute atomic E-state index is 0.110. The number of nitrogens with one attached hydrogen (secondary N) is 1. The number of rotatable bonds is 5. The second-order valence-electron chi connectivity index (χ2n) is 8.83. The topological polar surface area (TPSA) is 96.6 Å². The Labute approximate surface area is 165 Å². The zero-order valence-corrected chi connectivity index (χ0v) is 16.3. The highest BCUT2D eigenvalue weighted by atomic mass is 16.5. The van der Waals surface area contributed by atoms with Gasteiger partial charge in [-0.15, -0.1) is 0 Å². The van der Waals surface area contributed by atoms with Crippen LogP contribution in [0.25, 0.3) is 0 Å². The molecule has 2 bridgehead atoms. The van der Waals surface area contributed by atoms with Crippen LogP contribution < -0.4 is 16.0 Å². The van der Waals surface area contributed by atoms with E-state index in [1.807, 2.05) is 0 Å². The average molecular weight is 387 g/mol. The molecule has 1 amide bonds. The third kappa shape index (κ3) is 3.22. The number of nitrogen functional groups attached to an aromatic ring is 1. The van der Waals surface area contributed by atoms with Gasteiger partial charge in [0.25, 0.3) is 0 Å². The zero-order chi connectivity index (χ0) is 19.1. The summed E-state index contributed by atoms with van der Waals surface area (Å²) in [6, 6.07) is 1.71. The van der Waals surface area contributed by atoms with Gasteiger partial charge in [0.15, 0.2) is 0 Å². The maximum absolute atomic E-state index is 12.5. The van der Waals surface area contributed by atoms with E-state index < -0.39 is 0 Å². The normalized spacial score (nSPS) is 34.6. The van der Waals surface area contributed by atoms with E-state index in [0.29, 0.717) is 36.7 Å². The molecule has 1 aromatic heterocycles. The van der Waals surface area contributed by atoms with Crippen molar-refractivity contribution in [3.05, 3.63) is 12.3 Å². The fourth-order valence-electron chi connectivity index (χ4n) is 5.74. The first-order valence-electron chi connectivity index (χ1n) is 10.6. The zero-order valence-electron chi connectivity index (χ0n) is 16.3. The summed E-state index contributed by atoms with van der Waals surface area (Å²) >= 11 is 0. The lowest BCUT2D eigenvalue weighted by atomic mass is 9.73. The summed E-state index contributed by atoms with van der Waals surface area (Å²) in [6.45, 7) is 5.00. The number of likely N-dealkylation sites (tertiary alicyclic amines) is 1. The Morgan fingerprint density at radius 1 is 1.36 bits per heavy atom. The van der Waals surface area contributed by atoms with Gasteiger partial charge in [-0.1, -0.05) is 6.42 Å². The minimum Gasteiger partial charge on any atom is -0.384 e. The first-order chi connectivity index (χ1) is 13.6. The van der Waals surface area contributed by atoms with E-state index in [4.69, 9.17) is 10.5 Å².